The molecule has 4 amide bonds. The van der Waals surface area contributed by atoms with Crippen molar-refractivity contribution in [2.45, 2.75) is 65.5 Å². The Labute approximate surface area is 280 Å². The third kappa shape index (κ3) is 9.27. The minimum Gasteiger partial charge on any atom is -0.333 e. The van der Waals surface area contributed by atoms with Crippen molar-refractivity contribution in [3.05, 3.63) is 83.4 Å². The number of amides is 4. The van der Waals surface area contributed by atoms with Crippen LogP contribution in [0.1, 0.15) is 50.2 Å². The number of halogens is 6. The minimum atomic E-state index is -4.54. The van der Waals surface area contributed by atoms with Gasteiger partial charge in [-0.3, -0.25) is 14.6 Å². The van der Waals surface area contributed by atoms with Gasteiger partial charge >= 0.3 is 24.4 Å². The lowest BCUT2D eigenvalue weighted by Crippen LogP contribution is -2.41. The van der Waals surface area contributed by atoms with Gasteiger partial charge < -0.3 is 10.2 Å². The molecule has 2 aliphatic rings. The van der Waals surface area contributed by atoms with Crippen molar-refractivity contribution in [3.63, 3.8) is 0 Å². The fourth-order valence-corrected chi connectivity index (χ4v) is 5.52. The Hall–Kier alpha value is -4.69. The number of ketones is 1. The van der Waals surface area contributed by atoms with Crippen LogP contribution in [0.4, 0.5) is 47.3 Å². The number of nitrogens with one attached hydrogen (secondary N) is 1. The second-order valence-electron chi connectivity index (χ2n) is 12.7. The molecule has 2 fully saturated rings. The van der Waals surface area contributed by atoms with E-state index in [0.717, 1.165) is 35.7 Å². The monoisotopic (exact) mass is 692 g/mol. The number of anilines is 2. The van der Waals surface area contributed by atoms with Crippen LogP contribution >= 0.6 is 0 Å². The first kappa shape index (κ1) is 37.1. The molecule has 3 aromatic rings. The summed E-state index contributed by atoms with van der Waals surface area (Å²) >= 11 is 0. The van der Waals surface area contributed by atoms with Crippen molar-refractivity contribution in [1.82, 2.24) is 20.2 Å². The highest BCUT2D eigenvalue weighted by molar-refractivity contribution is 5.97. The van der Waals surface area contributed by atoms with Gasteiger partial charge in [0.05, 0.1) is 42.4 Å². The summed E-state index contributed by atoms with van der Waals surface area (Å²) in [5, 5.41) is 2.78. The maximum Gasteiger partial charge on any atom is 0.433 e. The van der Waals surface area contributed by atoms with Crippen molar-refractivity contribution in [1.29, 1.82) is 0 Å². The van der Waals surface area contributed by atoms with E-state index < -0.39 is 29.8 Å². The van der Waals surface area contributed by atoms with Crippen LogP contribution in [0.2, 0.25) is 0 Å². The Balaban J connectivity index is 0.000000244. The molecule has 2 aromatic heterocycles. The molecule has 1 aromatic carbocycles. The normalized spacial score (nSPS) is 18.3. The molecule has 0 bridgehead atoms. The summed E-state index contributed by atoms with van der Waals surface area (Å²) < 4.78 is 75.4. The van der Waals surface area contributed by atoms with E-state index in [1.807, 2.05) is 58.9 Å². The lowest BCUT2D eigenvalue weighted by Gasteiger charge is -2.25. The van der Waals surface area contributed by atoms with Crippen LogP contribution in [0.3, 0.4) is 0 Å². The van der Waals surface area contributed by atoms with Gasteiger partial charge in [0.1, 0.15) is 11.4 Å². The zero-order valence-electron chi connectivity index (χ0n) is 27.6. The largest absolute Gasteiger partial charge is 0.433 e. The molecule has 2 atom stereocenters. The summed E-state index contributed by atoms with van der Waals surface area (Å²) in [5.41, 5.74) is 0.621. The van der Waals surface area contributed by atoms with Gasteiger partial charge in [0.15, 0.2) is 5.78 Å². The summed E-state index contributed by atoms with van der Waals surface area (Å²) in [4.78, 5) is 48.5. The summed E-state index contributed by atoms with van der Waals surface area (Å²) in [6, 6.07) is 11.0. The lowest BCUT2D eigenvalue weighted by atomic mass is 10.0. The molecule has 5 rings (SSSR count). The molecule has 0 spiro atoms. The Bertz CT molecular complexity index is 1630. The fraction of sp³-hybridized carbons (Fsp3) is 0.441. The lowest BCUT2D eigenvalue weighted by molar-refractivity contribution is -0.141. The van der Waals surface area contributed by atoms with Gasteiger partial charge in [0.2, 0.25) is 0 Å². The predicted molar refractivity (Wildman–Crippen MR) is 171 cm³/mol. The van der Waals surface area contributed by atoms with Crippen molar-refractivity contribution in [3.8, 4) is 0 Å². The zero-order valence-corrected chi connectivity index (χ0v) is 27.6. The van der Waals surface area contributed by atoms with E-state index in [-0.39, 0.29) is 54.4 Å². The van der Waals surface area contributed by atoms with Gasteiger partial charge in [-0.1, -0.05) is 57.5 Å². The molecule has 0 radical (unpaired) electrons. The average Bonchev–Trinajstić information content (AvgIpc) is 3.56. The number of hydrogen-bond acceptors (Lipinski definition) is 5. The van der Waals surface area contributed by atoms with Crippen LogP contribution in [-0.2, 0) is 23.6 Å². The first-order valence-corrected chi connectivity index (χ1v) is 15.6. The standard InChI is InChI=1S/C22H24F3N3O2.C12H14F3N3O/c1-14(2)19-13-27(17-7-8-20(26-11-17)22(23,24)25)21(30)28(19)12-18(29)10-16-6-4-5-15(3)9-16;1-7(2)9-6-18(11(19)17-9)8-3-4-10(16-5-8)12(13,14)15/h4-9,11,14,19H,10,12-13H2,1-3H3;3-5,7,9H,6H2,1-2H3,(H,17,19). The molecule has 0 saturated carbocycles. The van der Waals surface area contributed by atoms with Crippen LogP contribution in [0, 0.1) is 18.8 Å². The first-order valence-electron chi connectivity index (χ1n) is 15.6. The Morgan fingerprint density at radius 1 is 0.837 bits per heavy atom. The van der Waals surface area contributed by atoms with E-state index >= 15 is 0 Å². The molecule has 15 heteroatoms. The molecule has 2 unspecified atom stereocenters. The highest BCUT2D eigenvalue weighted by atomic mass is 19.4. The van der Waals surface area contributed by atoms with E-state index in [4.69, 9.17) is 0 Å². The van der Waals surface area contributed by atoms with Crippen molar-refractivity contribution >= 4 is 29.2 Å². The van der Waals surface area contributed by atoms with Gasteiger partial charge in [-0.25, -0.2) is 19.6 Å². The number of aryl methyl sites for hydroxylation is 1. The Morgan fingerprint density at radius 3 is 1.86 bits per heavy atom. The second kappa shape index (κ2) is 14.8. The molecule has 264 valence electrons. The molecule has 2 aliphatic heterocycles. The van der Waals surface area contributed by atoms with Gasteiger partial charge in [-0.15, -0.1) is 0 Å². The summed E-state index contributed by atoms with van der Waals surface area (Å²) in [6.07, 6.45) is -6.66. The van der Waals surface area contributed by atoms with E-state index in [0.29, 0.717) is 18.8 Å². The third-order valence-corrected chi connectivity index (χ3v) is 8.28. The maximum atomic E-state index is 13.0. The number of hydrogen-bond donors (Lipinski definition) is 1. The Morgan fingerprint density at radius 2 is 1.41 bits per heavy atom. The highest BCUT2D eigenvalue weighted by Gasteiger charge is 2.41. The number of aromatic nitrogens is 2. The first-order chi connectivity index (χ1) is 22.8. The van der Waals surface area contributed by atoms with Crippen molar-refractivity contribution in [2.24, 2.45) is 11.8 Å². The number of pyridine rings is 2. The number of carbonyl (C=O) groups is 3. The summed E-state index contributed by atoms with van der Waals surface area (Å²) in [5.74, 6) is 0.247. The number of nitrogens with zero attached hydrogens (tertiary/aromatic N) is 5. The topological polar surface area (TPSA) is 98.7 Å². The maximum absolute atomic E-state index is 13.0. The number of rotatable bonds is 8. The molecule has 9 nitrogen and oxygen atoms in total. The molecule has 4 heterocycles. The highest BCUT2D eigenvalue weighted by Crippen LogP contribution is 2.32. The zero-order chi connectivity index (χ0) is 36.3. The fourth-order valence-electron chi connectivity index (χ4n) is 5.52. The van der Waals surface area contributed by atoms with Crippen LogP contribution in [0.5, 0.6) is 0 Å². The van der Waals surface area contributed by atoms with E-state index in [9.17, 15) is 40.7 Å². The summed E-state index contributed by atoms with van der Waals surface area (Å²) in [6.45, 7) is 10.5. The minimum absolute atomic E-state index is 0.00482. The van der Waals surface area contributed by atoms with Crippen LogP contribution in [0.25, 0.3) is 0 Å². The quantitative estimate of drug-likeness (QED) is 0.253. The molecule has 0 aliphatic carbocycles. The van der Waals surface area contributed by atoms with E-state index in [2.05, 4.69) is 15.3 Å². The van der Waals surface area contributed by atoms with Crippen LogP contribution < -0.4 is 15.1 Å². The number of benzene rings is 1. The van der Waals surface area contributed by atoms with E-state index in [1.54, 1.807) is 0 Å². The molecule has 49 heavy (non-hydrogen) atoms. The number of urea groups is 2. The number of Topliss-reactive ketones (excluding diaryl/α,β-unsaturated/α-hetero) is 1. The predicted octanol–water partition coefficient (Wildman–Crippen LogP) is 7.14. The average molecular weight is 693 g/mol. The Kier molecular flexibility index (Phi) is 11.2. The van der Waals surface area contributed by atoms with E-state index in [1.165, 1.54) is 26.8 Å². The van der Waals surface area contributed by atoms with Crippen molar-refractivity contribution in [2.75, 3.05) is 29.4 Å². The van der Waals surface area contributed by atoms with Gasteiger partial charge in [0.25, 0.3) is 0 Å². The van der Waals surface area contributed by atoms with Crippen LogP contribution in [-0.4, -0.2) is 64.4 Å². The van der Waals surface area contributed by atoms with Crippen molar-refractivity contribution < 1.29 is 40.7 Å². The number of carbonyl (C=O) groups excluding carboxylic acids is 3. The van der Waals surface area contributed by atoms with Gasteiger partial charge in [-0.05, 0) is 48.6 Å². The molecule has 2 saturated heterocycles. The van der Waals surface area contributed by atoms with Gasteiger partial charge in [0, 0.05) is 19.5 Å². The smallest absolute Gasteiger partial charge is 0.333 e. The van der Waals surface area contributed by atoms with Crippen LogP contribution in [0.15, 0.2) is 60.9 Å². The SMILES string of the molecule is CC(C)C1CN(c2ccc(C(F)(F)F)nc2)C(=O)N1.Cc1cccc(CC(=O)CN2C(=O)N(c3ccc(C(F)(F)F)nc3)CC2C(C)C)c1. The number of alkyl halides is 6. The van der Waals surface area contributed by atoms with Gasteiger partial charge in [-0.2, -0.15) is 26.3 Å². The second-order valence-corrected chi connectivity index (χ2v) is 12.7. The molecule has 1 N–H and O–H groups in total. The third-order valence-electron chi connectivity index (χ3n) is 8.28. The molecular weight excluding hydrogens is 654 g/mol. The summed E-state index contributed by atoms with van der Waals surface area (Å²) in [7, 11) is 0. The molecular formula is C34H38F6N6O3.